The van der Waals surface area contributed by atoms with Crippen molar-refractivity contribution in [1.82, 2.24) is 0 Å². The van der Waals surface area contributed by atoms with Crippen LogP contribution in [0.4, 0.5) is 5.69 Å². The van der Waals surface area contributed by atoms with E-state index in [1.54, 1.807) is 30.3 Å². The van der Waals surface area contributed by atoms with Crippen LogP contribution in [-0.2, 0) is 10.0 Å². The van der Waals surface area contributed by atoms with Gasteiger partial charge in [0.2, 0.25) is 0 Å². The number of ketones is 1. The van der Waals surface area contributed by atoms with Gasteiger partial charge in [0.1, 0.15) is 11.2 Å². The number of fused-ring (bicyclic) bond motifs is 1. The highest BCUT2D eigenvalue weighted by molar-refractivity contribution is 7.90. The number of nitrogens with zero attached hydrogens (tertiary/aromatic N) is 2. The van der Waals surface area contributed by atoms with Crippen LogP contribution in [0.1, 0.15) is 9.67 Å². The summed E-state index contributed by atoms with van der Waals surface area (Å²) in [5.74, 6) is -0.146. The Labute approximate surface area is 130 Å². The highest BCUT2D eigenvalue weighted by atomic mass is 35.5. The third kappa shape index (κ3) is 2.72. The largest absolute Gasteiger partial charge is 0.323 e. The van der Waals surface area contributed by atoms with Gasteiger partial charge >= 0.3 is 0 Å². The van der Waals surface area contributed by atoms with Crippen molar-refractivity contribution in [2.75, 3.05) is 11.4 Å². The van der Waals surface area contributed by atoms with Crippen molar-refractivity contribution >= 4 is 50.8 Å². The number of thiophene rings is 1. The summed E-state index contributed by atoms with van der Waals surface area (Å²) in [4.78, 5) is 14.3. The number of sulfonamides is 1. The zero-order valence-corrected chi connectivity index (χ0v) is 13.0. The molecule has 1 aliphatic heterocycles. The van der Waals surface area contributed by atoms with Crippen molar-refractivity contribution in [2.45, 2.75) is 4.90 Å². The van der Waals surface area contributed by atoms with Crippen molar-refractivity contribution in [1.29, 1.82) is 0 Å². The number of rotatable bonds is 3. The Morgan fingerprint density at radius 2 is 2.00 bits per heavy atom. The maximum absolute atomic E-state index is 12.2. The van der Waals surface area contributed by atoms with E-state index in [9.17, 15) is 13.2 Å². The van der Waals surface area contributed by atoms with Gasteiger partial charge in [-0.3, -0.25) is 4.79 Å². The Bertz CT molecular complexity index is 843. The van der Waals surface area contributed by atoms with E-state index in [2.05, 4.69) is 4.40 Å². The molecule has 0 bridgehead atoms. The minimum atomic E-state index is -3.67. The Morgan fingerprint density at radius 3 is 2.71 bits per heavy atom. The van der Waals surface area contributed by atoms with E-state index in [1.807, 2.05) is 0 Å². The summed E-state index contributed by atoms with van der Waals surface area (Å²) in [6.07, 6.45) is 1.17. The summed E-state index contributed by atoms with van der Waals surface area (Å²) in [7, 11) is -3.67. The molecule has 21 heavy (non-hydrogen) atoms. The third-order valence-corrected chi connectivity index (χ3v) is 5.48. The molecule has 1 aromatic heterocycles. The standard InChI is InChI=1S/C13H9ClN2O3S2/c14-13-6-5-11(20-13)10(17)7-16-8-15-21(18,19)12-4-2-1-3-9(12)16/h1-6,8H,7H2. The molecule has 2 heterocycles. The van der Waals surface area contributed by atoms with Gasteiger partial charge in [-0.25, -0.2) is 0 Å². The summed E-state index contributed by atoms with van der Waals surface area (Å²) in [5, 5.41) is 0. The lowest BCUT2D eigenvalue weighted by atomic mass is 10.2. The van der Waals surface area contributed by atoms with Gasteiger partial charge in [-0.1, -0.05) is 23.7 Å². The summed E-state index contributed by atoms with van der Waals surface area (Å²) < 4.78 is 27.8. The van der Waals surface area contributed by atoms with Crippen molar-refractivity contribution in [3.63, 3.8) is 0 Å². The fourth-order valence-corrected chi connectivity index (χ4v) is 4.00. The van der Waals surface area contributed by atoms with E-state index in [4.69, 9.17) is 11.6 Å². The topological polar surface area (TPSA) is 66.8 Å². The number of halogens is 1. The lowest BCUT2D eigenvalue weighted by molar-refractivity contribution is 0.101. The van der Waals surface area contributed by atoms with E-state index < -0.39 is 10.0 Å². The molecule has 0 saturated heterocycles. The number of hydrogen-bond acceptors (Lipinski definition) is 5. The molecule has 0 saturated carbocycles. The Hall–Kier alpha value is -1.70. The lowest BCUT2D eigenvalue weighted by Gasteiger charge is -2.24. The van der Waals surface area contributed by atoms with Gasteiger partial charge in [-0.2, -0.15) is 8.42 Å². The first-order valence-corrected chi connectivity index (χ1v) is 8.55. The number of Topliss-reactive ketones (excluding diaryl/α,β-unsaturated/α-hetero) is 1. The van der Waals surface area contributed by atoms with Crippen molar-refractivity contribution < 1.29 is 13.2 Å². The fourth-order valence-electron chi connectivity index (χ4n) is 1.97. The second kappa shape index (κ2) is 5.25. The number of hydrogen-bond donors (Lipinski definition) is 0. The average Bonchev–Trinajstić information content (AvgIpc) is 2.89. The van der Waals surface area contributed by atoms with E-state index in [-0.39, 0.29) is 17.2 Å². The minimum Gasteiger partial charge on any atom is -0.323 e. The molecule has 0 amide bonds. The zero-order valence-electron chi connectivity index (χ0n) is 10.6. The van der Waals surface area contributed by atoms with Crippen LogP contribution in [0.5, 0.6) is 0 Å². The van der Waals surface area contributed by atoms with Gasteiger partial charge in [-0.15, -0.1) is 15.7 Å². The van der Waals surface area contributed by atoms with E-state index >= 15 is 0 Å². The number of carbonyl (C=O) groups excluding carboxylic acids is 1. The van der Waals surface area contributed by atoms with Gasteiger partial charge in [0.25, 0.3) is 10.0 Å². The molecule has 5 nitrogen and oxygen atoms in total. The maximum atomic E-state index is 12.2. The normalized spacial score (nSPS) is 15.8. The molecular formula is C13H9ClN2O3S2. The molecule has 2 aromatic rings. The first-order valence-electron chi connectivity index (χ1n) is 5.92. The predicted molar refractivity (Wildman–Crippen MR) is 83.1 cm³/mol. The molecule has 0 fully saturated rings. The molecule has 0 N–H and O–H groups in total. The SMILES string of the molecule is O=C(CN1C=NS(=O)(=O)c2ccccc21)c1ccc(Cl)s1. The van der Waals surface area contributed by atoms with Crippen molar-refractivity contribution in [2.24, 2.45) is 4.40 Å². The van der Waals surface area contributed by atoms with Crippen LogP contribution in [0.3, 0.4) is 0 Å². The second-order valence-electron chi connectivity index (χ2n) is 4.32. The maximum Gasteiger partial charge on any atom is 0.285 e. The highest BCUT2D eigenvalue weighted by Crippen LogP contribution is 2.30. The summed E-state index contributed by atoms with van der Waals surface area (Å²) in [5.41, 5.74) is 0.448. The van der Waals surface area contributed by atoms with E-state index in [0.717, 1.165) is 0 Å². The Kier molecular flexibility index (Phi) is 3.56. The number of anilines is 1. The summed E-state index contributed by atoms with van der Waals surface area (Å²) in [6, 6.07) is 9.76. The monoisotopic (exact) mass is 340 g/mol. The molecule has 3 rings (SSSR count). The average molecular weight is 341 g/mol. The molecule has 8 heteroatoms. The number of benzene rings is 1. The lowest BCUT2D eigenvalue weighted by Crippen LogP contribution is -2.32. The van der Waals surface area contributed by atoms with E-state index in [1.165, 1.54) is 28.6 Å². The third-order valence-electron chi connectivity index (χ3n) is 2.94. The fraction of sp³-hybridized carbons (Fsp3) is 0.0769. The Balaban J connectivity index is 1.92. The molecule has 0 radical (unpaired) electrons. The first kappa shape index (κ1) is 14.2. The zero-order chi connectivity index (χ0) is 15.0. The van der Waals surface area contributed by atoms with Gasteiger partial charge in [-0.05, 0) is 24.3 Å². The van der Waals surface area contributed by atoms with Crippen LogP contribution in [0.2, 0.25) is 4.34 Å². The van der Waals surface area contributed by atoms with E-state index in [0.29, 0.717) is 14.9 Å². The first-order chi connectivity index (χ1) is 9.97. The van der Waals surface area contributed by atoms with Gasteiger partial charge in [0.15, 0.2) is 5.78 Å². The van der Waals surface area contributed by atoms with Crippen LogP contribution < -0.4 is 4.90 Å². The molecule has 108 valence electrons. The molecule has 0 spiro atoms. The van der Waals surface area contributed by atoms with Crippen LogP contribution >= 0.6 is 22.9 Å². The second-order valence-corrected chi connectivity index (χ2v) is 7.63. The van der Waals surface area contributed by atoms with Crippen molar-refractivity contribution in [3.05, 3.63) is 45.6 Å². The molecule has 1 aromatic carbocycles. The minimum absolute atomic E-state index is 0.00682. The molecule has 0 atom stereocenters. The molecular weight excluding hydrogens is 332 g/mol. The van der Waals surface area contributed by atoms with Crippen LogP contribution in [-0.4, -0.2) is 27.1 Å². The summed E-state index contributed by atoms with van der Waals surface area (Å²) in [6.45, 7) is 0.00682. The number of para-hydroxylation sites is 1. The quantitative estimate of drug-likeness (QED) is 0.806. The van der Waals surface area contributed by atoms with Gasteiger partial charge in [0.05, 0.1) is 21.4 Å². The van der Waals surface area contributed by atoms with Crippen LogP contribution in [0.25, 0.3) is 0 Å². The van der Waals surface area contributed by atoms with Crippen LogP contribution in [0.15, 0.2) is 45.7 Å². The van der Waals surface area contributed by atoms with Gasteiger partial charge in [0, 0.05) is 0 Å². The molecule has 0 aliphatic carbocycles. The molecule has 1 aliphatic rings. The molecule has 0 unspecified atom stereocenters. The smallest absolute Gasteiger partial charge is 0.285 e. The Morgan fingerprint density at radius 1 is 1.24 bits per heavy atom. The highest BCUT2D eigenvalue weighted by Gasteiger charge is 2.26. The summed E-state index contributed by atoms with van der Waals surface area (Å²) >= 11 is 7.00. The number of carbonyl (C=O) groups is 1. The van der Waals surface area contributed by atoms with Crippen molar-refractivity contribution in [3.8, 4) is 0 Å². The van der Waals surface area contributed by atoms with Crippen LogP contribution in [0, 0.1) is 0 Å². The van der Waals surface area contributed by atoms with Gasteiger partial charge < -0.3 is 4.90 Å². The predicted octanol–water partition coefficient (Wildman–Crippen LogP) is 2.82.